The van der Waals surface area contributed by atoms with Crippen molar-refractivity contribution in [2.24, 2.45) is 5.92 Å². The van der Waals surface area contributed by atoms with Crippen LogP contribution in [0.2, 0.25) is 0 Å². The first-order chi connectivity index (χ1) is 10.1. The Labute approximate surface area is 127 Å². The number of nitrogens with one attached hydrogen (secondary N) is 1. The van der Waals surface area contributed by atoms with Crippen LogP contribution < -0.4 is 5.32 Å². The van der Waals surface area contributed by atoms with Crippen LogP contribution in [0, 0.1) is 12.8 Å². The van der Waals surface area contributed by atoms with E-state index in [2.05, 4.69) is 22.2 Å². The summed E-state index contributed by atoms with van der Waals surface area (Å²) in [6.45, 7) is 5.52. The molecule has 0 spiro atoms. The van der Waals surface area contributed by atoms with Gasteiger partial charge in [0, 0.05) is 31.8 Å². The predicted octanol–water partition coefficient (Wildman–Crippen LogP) is 2.76. The van der Waals surface area contributed by atoms with Gasteiger partial charge in [-0.1, -0.05) is 19.8 Å². The van der Waals surface area contributed by atoms with Gasteiger partial charge in [0.2, 0.25) is 5.91 Å². The van der Waals surface area contributed by atoms with Gasteiger partial charge in [-0.15, -0.1) is 0 Å². The summed E-state index contributed by atoms with van der Waals surface area (Å²) in [6.07, 6.45) is 5.22. The second-order valence-corrected chi connectivity index (χ2v) is 5.86. The van der Waals surface area contributed by atoms with Crippen LogP contribution in [0.1, 0.15) is 50.5 Å². The maximum Gasteiger partial charge on any atom is 0.222 e. The van der Waals surface area contributed by atoms with Gasteiger partial charge in [-0.2, -0.15) is 0 Å². The molecule has 0 saturated carbocycles. The molecule has 5 heteroatoms. The summed E-state index contributed by atoms with van der Waals surface area (Å²) in [5.74, 6) is 2.46. The van der Waals surface area contributed by atoms with Crippen molar-refractivity contribution in [1.29, 1.82) is 0 Å². The molecule has 0 aliphatic carbocycles. The van der Waals surface area contributed by atoms with Gasteiger partial charge in [-0.25, -0.2) is 9.97 Å². The number of carbonyl (C=O) groups excluding carboxylic acids is 1. The van der Waals surface area contributed by atoms with Crippen LogP contribution >= 0.6 is 0 Å². The first kappa shape index (κ1) is 15.7. The van der Waals surface area contributed by atoms with E-state index < -0.39 is 0 Å². The first-order valence-corrected chi connectivity index (χ1v) is 7.92. The van der Waals surface area contributed by atoms with Gasteiger partial charge in [0.05, 0.1) is 6.54 Å². The zero-order valence-corrected chi connectivity index (χ0v) is 13.4. The van der Waals surface area contributed by atoms with Crippen LogP contribution in [-0.2, 0) is 11.3 Å². The van der Waals surface area contributed by atoms with Crippen molar-refractivity contribution in [3.63, 3.8) is 0 Å². The third kappa shape index (κ3) is 4.41. The summed E-state index contributed by atoms with van der Waals surface area (Å²) >= 11 is 0. The van der Waals surface area contributed by atoms with E-state index in [-0.39, 0.29) is 5.91 Å². The molecule has 0 bridgehead atoms. The van der Waals surface area contributed by atoms with Crippen LogP contribution in [0.15, 0.2) is 6.07 Å². The van der Waals surface area contributed by atoms with Gasteiger partial charge < -0.3 is 10.2 Å². The lowest BCUT2D eigenvalue weighted by Gasteiger charge is -2.20. The molecule has 1 unspecified atom stereocenters. The van der Waals surface area contributed by atoms with Crippen molar-refractivity contribution in [2.75, 3.05) is 18.9 Å². The molecule has 1 saturated heterocycles. The minimum Gasteiger partial charge on any atom is -0.373 e. The molecule has 21 heavy (non-hydrogen) atoms. The molecule has 5 nitrogen and oxygen atoms in total. The normalized spacial score (nSPS) is 19.5. The van der Waals surface area contributed by atoms with Crippen molar-refractivity contribution in [3.8, 4) is 0 Å². The lowest BCUT2D eigenvalue weighted by molar-refractivity contribution is -0.131. The Morgan fingerprint density at radius 2 is 2.19 bits per heavy atom. The number of hydrogen-bond donors (Lipinski definition) is 1. The molecule has 1 aliphatic heterocycles. The van der Waals surface area contributed by atoms with Gasteiger partial charge >= 0.3 is 0 Å². The summed E-state index contributed by atoms with van der Waals surface area (Å²) in [4.78, 5) is 23.1. The largest absolute Gasteiger partial charge is 0.373 e. The fourth-order valence-corrected chi connectivity index (χ4v) is 2.96. The van der Waals surface area contributed by atoms with Crippen molar-refractivity contribution < 1.29 is 4.79 Å². The Bertz CT molecular complexity index is 489. The zero-order valence-electron chi connectivity index (χ0n) is 13.4. The molecule has 1 aromatic rings. The van der Waals surface area contributed by atoms with Crippen molar-refractivity contribution in [3.05, 3.63) is 17.6 Å². The van der Waals surface area contributed by atoms with E-state index in [1.807, 2.05) is 24.9 Å². The SMILES string of the molecule is CCCC1CCC(=O)N(Cc2nc(C)cc(NC)n2)CC1. The molecular weight excluding hydrogens is 264 g/mol. The standard InChI is InChI=1S/C16H26N4O/c1-4-5-13-6-7-16(21)20(9-8-13)11-15-18-12(2)10-14(17-3)19-15/h10,13H,4-9,11H2,1-3H3,(H,17,18,19). The molecule has 116 valence electrons. The van der Waals surface area contributed by atoms with Gasteiger partial charge in [-0.3, -0.25) is 4.79 Å². The van der Waals surface area contributed by atoms with E-state index in [1.54, 1.807) is 0 Å². The third-order valence-electron chi connectivity index (χ3n) is 4.11. The Hall–Kier alpha value is -1.65. The fraction of sp³-hybridized carbons (Fsp3) is 0.688. The van der Waals surface area contributed by atoms with Gasteiger partial charge in [0.25, 0.3) is 0 Å². The highest BCUT2D eigenvalue weighted by molar-refractivity contribution is 5.76. The maximum atomic E-state index is 12.3. The average molecular weight is 290 g/mol. The van der Waals surface area contributed by atoms with Crippen molar-refractivity contribution in [2.45, 2.75) is 52.5 Å². The summed E-state index contributed by atoms with van der Waals surface area (Å²) in [6, 6.07) is 1.91. The Kier molecular flexibility index (Phi) is 5.53. The number of nitrogens with zero attached hydrogens (tertiary/aromatic N) is 3. The highest BCUT2D eigenvalue weighted by Crippen LogP contribution is 2.23. The number of amides is 1. The maximum absolute atomic E-state index is 12.3. The lowest BCUT2D eigenvalue weighted by Crippen LogP contribution is -2.30. The van der Waals surface area contributed by atoms with E-state index >= 15 is 0 Å². The van der Waals surface area contributed by atoms with E-state index in [1.165, 1.54) is 12.8 Å². The van der Waals surface area contributed by atoms with Gasteiger partial charge in [0.15, 0.2) is 0 Å². The minimum atomic E-state index is 0.240. The van der Waals surface area contributed by atoms with E-state index in [4.69, 9.17) is 0 Å². The highest BCUT2D eigenvalue weighted by Gasteiger charge is 2.22. The fourth-order valence-electron chi connectivity index (χ4n) is 2.96. The molecule has 2 rings (SSSR count). The van der Waals surface area contributed by atoms with Crippen LogP contribution in [-0.4, -0.2) is 34.4 Å². The molecule has 2 heterocycles. The third-order valence-corrected chi connectivity index (χ3v) is 4.11. The molecule has 1 aromatic heterocycles. The summed E-state index contributed by atoms with van der Waals surface area (Å²) in [7, 11) is 1.85. The topological polar surface area (TPSA) is 58.1 Å². The number of aryl methyl sites for hydroxylation is 1. The predicted molar refractivity (Wildman–Crippen MR) is 84.0 cm³/mol. The van der Waals surface area contributed by atoms with E-state index in [0.29, 0.717) is 18.9 Å². The van der Waals surface area contributed by atoms with Crippen LogP contribution in [0.25, 0.3) is 0 Å². The minimum absolute atomic E-state index is 0.240. The Morgan fingerprint density at radius 1 is 1.38 bits per heavy atom. The Balaban J connectivity index is 2.04. The summed E-state index contributed by atoms with van der Waals surface area (Å²) in [5, 5.41) is 3.04. The molecule has 1 N–H and O–H groups in total. The number of rotatable bonds is 5. The molecule has 0 radical (unpaired) electrons. The highest BCUT2D eigenvalue weighted by atomic mass is 16.2. The van der Waals surface area contributed by atoms with E-state index in [0.717, 1.165) is 36.7 Å². The van der Waals surface area contributed by atoms with Crippen molar-refractivity contribution in [1.82, 2.24) is 14.9 Å². The lowest BCUT2D eigenvalue weighted by atomic mass is 9.96. The smallest absolute Gasteiger partial charge is 0.222 e. The molecule has 1 amide bonds. The van der Waals surface area contributed by atoms with Gasteiger partial charge in [-0.05, 0) is 25.7 Å². The van der Waals surface area contributed by atoms with Crippen LogP contribution in [0.3, 0.4) is 0 Å². The van der Waals surface area contributed by atoms with Crippen molar-refractivity contribution >= 4 is 11.7 Å². The molecular formula is C16H26N4O. The second kappa shape index (κ2) is 7.38. The molecule has 1 aliphatic rings. The number of hydrogen-bond acceptors (Lipinski definition) is 4. The monoisotopic (exact) mass is 290 g/mol. The molecule has 1 fully saturated rings. The average Bonchev–Trinajstić information content (AvgIpc) is 2.63. The quantitative estimate of drug-likeness (QED) is 0.906. The second-order valence-electron chi connectivity index (χ2n) is 5.86. The summed E-state index contributed by atoms with van der Waals surface area (Å²) in [5.41, 5.74) is 0.926. The van der Waals surface area contributed by atoms with Crippen LogP contribution in [0.4, 0.5) is 5.82 Å². The number of likely N-dealkylation sites (tertiary alicyclic amines) is 1. The Morgan fingerprint density at radius 3 is 2.90 bits per heavy atom. The number of anilines is 1. The molecule has 0 aromatic carbocycles. The van der Waals surface area contributed by atoms with Gasteiger partial charge in [0.1, 0.15) is 11.6 Å². The number of aromatic nitrogens is 2. The molecule has 1 atom stereocenters. The van der Waals surface area contributed by atoms with Crippen LogP contribution in [0.5, 0.6) is 0 Å². The number of carbonyl (C=O) groups is 1. The first-order valence-electron chi connectivity index (χ1n) is 7.92. The summed E-state index contributed by atoms with van der Waals surface area (Å²) < 4.78 is 0. The van der Waals surface area contributed by atoms with E-state index in [9.17, 15) is 4.79 Å². The zero-order chi connectivity index (χ0) is 15.2.